The largest absolute Gasteiger partial charge is 0.694 e. The SMILES string of the molecule is O=[P+](O)OCCCNCc1ccc(SCCCCC2(c3ccccc3)CCCC2)c(Br)c1. The van der Waals surface area contributed by atoms with Gasteiger partial charge < -0.3 is 5.32 Å². The van der Waals surface area contributed by atoms with Gasteiger partial charge in [-0.2, -0.15) is 0 Å². The molecule has 3 rings (SSSR count). The molecule has 0 aromatic heterocycles. The lowest BCUT2D eigenvalue weighted by Gasteiger charge is -2.30. The molecule has 1 saturated carbocycles. The summed E-state index contributed by atoms with van der Waals surface area (Å²) in [6.45, 7) is 1.82. The van der Waals surface area contributed by atoms with Crippen LogP contribution >= 0.6 is 35.9 Å². The van der Waals surface area contributed by atoms with Crippen molar-refractivity contribution in [3.63, 3.8) is 0 Å². The maximum atomic E-state index is 10.5. The third-order valence-corrected chi connectivity index (χ3v) is 8.76. The van der Waals surface area contributed by atoms with Gasteiger partial charge in [0.15, 0.2) is 0 Å². The minimum Gasteiger partial charge on any atom is -0.313 e. The predicted octanol–water partition coefficient (Wildman–Crippen LogP) is 7.37. The summed E-state index contributed by atoms with van der Waals surface area (Å²) < 4.78 is 16.3. The number of rotatable bonds is 14. The Balaban J connectivity index is 1.36. The van der Waals surface area contributed by atoms with Crippen molar-refractivity contribution >= 4 is 35.9 Å². The van der Waals surface area contributed by atoms with E-state index in [9.17, 15) is 4.57 Å². The van der Waals surface area contributed by atoms with E-state index in [1.165, 1.54) is 55.4 Å². The Morgan fingerprint density at radius 1 is 1.09 bits per heavy atom. The van der Waals surface area contributed by atoms with Gasteiger partial charge in [0, 0.05) is 20.5 Å². The van der Waals surface area contributed by atoms with Crippen molar-refractivity contribution in [3.8, 4) is 0 Å². The van der Waals surface area contributed by atoms with E-state index < -0.39 is 8.25 Å². The first-order valence-corrected chi connectivity index (χ1v) is 14.5. The number of thioether (sulfide) groups is 1. The molecule has 0 aliphatic heterocycles. The van der Waals surface area contributed by atoms with Crippen LogP contribution in [0.1, 0.15) is 62.5 Å². The number of unbranched alkanes of at least 4 members (excludes halogenated alkanes) is 1. The summed E-state index contributed by atoms with van der Waals surface area (Å²) in [7, 11) is -2.48. The van der Waals surface area contributed by atoms with Crippen LogP contribution in [-0.2, 0) is 21.0 Å². The van der Waals surface area contributed by atoms with Crippen LogP contribution in [0.4, 0.5) is 0 Å². The molecule has 0 saturated heterocycles. The van der Waals surface area contributed by atoms with Gasteiger partial charge in [0.2, 0.25) is 0 Å². The lowest BCUT2D eigenvalue weighted by atomic mass is 9.75. The van der Waals surface area contributed by atoms with E-state index in [0.717, 1.165) is 23.3 Å². The molecule has 7 heteroatoms. The first-order chi connectivity index (χ1) is 15.6. The molecular formula is C25H34BrNO3PS+. The van der Waals surface area contributed by atoms with E-state index in [-0.39, 0.29) is 0 Å². The van der Waals surface area contributed by atoms with Crippen LogP contribution in [0.5, 0.6) is 0 Å². The lowest BCUT2D eigenvalue weighted by molar-refractivity contribution is 0.276. The Kier molecular flexibility index (Phi) is 11.2. The van der Waals surface area contributed by atoms with Crippen LogP contribution in [-0.4, -0.2) is 23.8 Å². The second kappa shape index (κ2) is 13.8. The minimum atomic E-state index is -2.48. The Morgan fingerprint density at radius 3 is 2.59 bits per heavy atom. The highest BCUT2D eigenvalue weighted by Gasteiger charge is 2.34. The van der Waals surface area contributed by atoms with Gasteiger partial charge in [-0.15, -0.1) is 21.2 Å². The van der Waals surface area contributed by atoms with Crippen molar-refractivity contribution in [2.24, 2.45) is 0 Å². The zero-order valence-corrected chi connectivity index (χ0v) is 21.9. The summed E-state index contributed by atoms with van der Waals surface area (Å²) in [5.41, 5.74) is 3.19. The smallest absolute Gasteiger partial charge is 0.313 e. The van der Waals surface area contributed by atoms with Gasteiger partial charge in [0.25, 0.3) is 0 Å². The Labute approximate surface area is 206 Å². The van der Waals surface area contributed by atoms with Crippen molar-refractivity contribution in [3.05, 3.63) is 64.1 Å². The molecule has 2 aromatic rings. The number of hydrogen-bond acceptors (Lipinski definition) is 4. The van der Waals surface area contributed by atoms with E-state index in [1.54, 1.807) is 5.56 Å². The molecule has 1 unspecified atom stereocenters. The minimum absolute atomic E-state index is 0.296. The predicted molar refractivity (Wildman–Crippen MR) is 137 cm³/mol. The topological polar surface area (TPSA) is 58.6 Å². The average Bonchev–Trinajstić information content (AvgIpc) is 3.28. The highest BCUT2D eigenvalue weighted by atomic mass is 79.9. The monoisotopic (exact) mass is 538 g/mol. The van der Waals surface area contributed by atoms with Crippen LogP contribution < -0.4 is 5.32 Å². The lowest BCUT2D eigenvalue weighted by Crippen LogP contribution is -2.21. The maximum absolute atomic E-state index is 10.5. The molecule has 4 nitrogen and oxygen atoms in total. The van der Waals surface area contributed by atoms with E-state index in [2.05, 4.69) is 74.3 Å². The zero-order chi connectivity index (χ0) is 22.7. The molecule has 174 valence electrons. The highest BCUT2D eigenvalue weighted by molar-refractivity contribution is 9.10. The molecule has 1 aliphatic carbocycles. The summed E-state index contributed by atoms with van der Waals surface area (Å²) in [6.07, 6.45) is 9.99. The van der Waals surface area contributed by atoms with Gasteiger partial charge in [-0.25, -0.2) is 0 Å². The quantitative estimate of drug-likeness (QED) is 0.149. The first-order valence-electron chi connectivity index (χ1n) is 11.6. The maximum Gasteiger partial charge on any atom is 0.694 e. The Bertz CT molecular complexity index is 846. The number of halogens is 1. The van der Waals surface area contributed by atoms with Crippen molar-refractivity contribution in [2.45, 2.75) is 68.2 Å². The fourth-order valence-corrected chi connectivity index (χ4v) is 6.60. The summed E-state index contributed by atoms with van der Waals surface area (Å²) in [6, 6.07) is 17.7. The van der Waals surface area contributed by atoms with Gasteiger partial charge in [-0.05, 0) is 89.0 Å². The molecule has 0 amide bonds. The fourth-order valence-electron chi connectivity index (χ4n) is 4.62. The zero-order valence-electron chi connectivity index (χ0n) is 18.6. The molecule has 2 aromatic carbocycles. The Morgan fingerprint density at radius 2 is 1.88 bits per heavy atom. The number of benzene rings is 2. The molecule has 1 fully saturated rings. The summed E-state index contributed by atoms with van der Waals surface area (Å²) in [4.78, 5) is 9.90. The summed E-state index contributed by atoms with van der Waals surface area (Å²) in [5.74, 6) is 1.15. The van der Waals surface area contributed by atoms with Gasteiger partial charge in [-0.1, -0.05) is 55.7 Å². The highest BCUT2D eigenvalue weighted by Crippen LogP contribution is 2.45. The van der Waals surface area contributed by atoms with Crippen LogP contribution in [0.3, 0.4) is 0 Å². The van der Waals surface area contributed by atoms with Gasteiger partial charge in [0.1, 0.15) is 6.61 Å². The molecule has 1 aliphatic rings. The molecule has 0 heterocycles. The van der Waals surface area contributed by atoms with Crippen molar-refractivity contribution in [2.75, 3.05) is 18.9 Å². The molecule has 2 N–H and O–H groups in total. The van der Waals surface area contributed by atoms with Crippen molar-refractivity contribution in [1.29, 1.82) is 0 Å². The van der Waals surface area contributed by atoms with E-state index in [0.29, 0.717) is 18.4 Å². The molecule has 0 radical (unpaired) electrons. The van der Waals surface area contributed by atoms with Crippen LogP contribution in [0, 0.1) is 0 Å². The molecule has 0 bridgehead atoms. The summed E-state index contributed by atoms with van der Waals surface area (Å²) >= 11 is 5.67. The fraction of sp³-hybridized carbons (Fsp3) is 0.520. The van der Waals surface area contributed by atoms with Crippen LogP contribution in [0.15, 0.2) is 57.9 Å². The molecule has 1 atom stereocenters. The molecule has 32 heavy (non-hydrogen) atoms. The second-order valence-corrected chi connectivity index (χ2v) is 11.3. The van der Waals surface area contributed by atoms with Gasteiger partial charge in [0.05, 0.1) is 0 Å². The van der Waals surface area contributed by atoms with E-state index >= 15 is 0 Å². The molecule has 0 spiro atoms. The Hall–Kier alpha value is -0.750. The van der Waals surface area contributed by atoms with Crippen molar-refractivity contribution < 1.29 is 14.0 Å². The van der Waals surface area contributed by atoms with Gasteiger partial charge in [-0.3, -0.25) is 0 Å². The summed E-state index contributed by atoms with van der Waals surface area (Å²) in [5, 5.41) is 3.34. The van der Waals surface area contributed by atoms with Gasteiger partial charge >= 0.3 is 8.25 Å². The van der Waals surface area contributed by atoms with Crippen LogP contribution in [0.2, 0.25) is 0 Å². The normalized spacial score (nSPS) is 15.8. The second-order valence-electron chi connectivity index (χ2n) is 8.53. The first kappa shape index (κ1) is 25.9. The third kappa shape index (κ3) is 8.23. The van der Waals surface area contributed by atoms with E-state index in [1.807, 2.05) is 11.8 Å². The third-order valence-electron chi connectivity index (χ3n) is 6.28. The molecular weight excluding hydrogens is 505 g/mol. The standard InChI is InChI=1S/C25H33BrNO3PS/c26-23-19-21(20-27-16-8-17-30-31(28)29)11-12-24(23)32-18-7-6-15-25(13-4-5-14-25)22-9-2-1-3-10-22/h1-3,9-12,19,27H,4-8,13-18,20H2/p+1. The van der Waals surface area contributed by atoms with Crippen molar-refractivity contribution in [1.82, 2.24) is 5.32 Å². The van der Waals surface area contributed by atoms with E-state index in [4.69, 9.17) is 4.89 Å². The average molecular weight is 539 g/mol. The number of hydrogen-bond donors (Lipinski definition) is 2. The number of nitrogens with one attached hydrogen (secondary N) is 1. The van der Waals surface area contributed by atoms with Crippen LogP contribution in [0.25, 0.3) is 0 Å².